The molecule has 2 rings (SSSR count). The second-order valence-electron chi connectivity index (χ2n) is 7.38. The Labute approximate surface area is 189 Å². The summed E-state index contributed by atoms with van der Waals surface area (Å²) in [6, 6.07) is 6.85. The van der Waals surface area contributed by atoms with Crippen molar-refractivity contribution in [3.05, 3.63) is 49.8 Å². The molecule has 0 bridgehead atoms. The van der Waals surface area contributed by atoms with Crippen LogP contribution in [-0.2, 0) is 9.63 Å². The molecule has 4 N–H and O–H groups in total. The molecule has 0 aliphatic carbocycles. The van der Waals surface area contributed by atoms with Crippen LogP contribution < -0.4 is 20.9 Å². The van der Waals surface area contributed by atoms with Gasteiger partial charge in [-0.1, -0.05) is 0 Å². The van der Waals surface area contributed by atoms with Gasteiger partial charge in [0, 0.05) is 31.4 Å². The molecule has 33 heavy (non-hydrogen) atoms. The fourth-order valence-corrected chi connectivity index (χ4v) is 3.04. The molecule has 0 aliphatic heterocycles. The Morgan fingerprint density at radius 3 is 2.85 bits per heavy atom. The number of aliphatic hydroxyl groups excluding tert-OH is 1. The molecule has 0 saturated carbocycles. The molecule has 12 nitrogen and oxygen atoms in total. The number of nitriles is 1. The van der Waals surface area contributed by atoms with Crippen molar-refractivity contribution in [2.45, 2.75) is 32.3 Å². The zero-order valence-electron chi connectivity index (χ0n) is 18.3. The van der Waals surface area contributed by atoms with Crippen molar-refractivity contribution in [2.75, 3.05) is 32.8 Å². The summed E-state index contributed by atoms with van der Waals surface area (Å²) in [6.07, 6.45) is 0.334. The van der Waals surface area contributed by atoms with E-state index in [0.717, 1.165) is 5.56 Å². The topological polar surface area (TPSA) is 180 Å². The molecule has 1 aromatic heterocycles. The van der Waals surface area contributed by atoms with Gasteiger partial charge in [0.2, 0.25) is 5.91 Å². The first-order valence-electron chi connectivity index (χ1n) is 10.4. The largest absolute Gasteiger partial charge is 0.490 e. The maximum absolute atomic E-state index is 11.8. The van der Waals surface area contributed by atoms with Gasteiger partial charge in [-0.15, -0.1) is 10.1 Å². The number of rotatable bonds is 14. The van der Waals surface area contributed by atoms with Crippen LogP contribution in [-0.4, -0.2) is 60.0 Å². The average molecular weight is 461 g/mol. The monoisotopic (exact) mass is 461 g/mol. The highest BCUT2D eigenvalue weighted by molar-refractivity contribution is 5.86. The molecule has 0 spiro atoms. The number of aliphatic hydroxyl groups is 1. The minimum atomic E-state index is -0.860. The summed E-state index contributed by atoms with van der Waals surface area (Å²) in [6.45, 7) is 2.84. The number of aromatic amines is 1. The fraction of sp³-hybridized carbons (Fsp3) is 0.476. The Bertz CT molecular complexity index is 1060. The van der Waals surface area contributed by atoms with Crippen LogP contribution in [0, 0.1) is 28.4 Å². The van der Waals surface area contributed by atoms with Crippen molar-refractivity contribution in [1.29, 1.82) is 5.26 Å². The van der Waals surface area contributed by atoms with Crippen LogP contribution in [0.4, 0.5) is 0 Å². The van der Waals surface area contributed by atoms with E-state index in [1.165, 1.54) is 6.07 Å². The van der Waals surface area contributed by atoms with Gasteiger partial charge >= 0.3 is 0 Å². The fourth-order valence-electron chi connectivity index (χ4n) is 3.04. The third kappa shape index (κ3) is 8.76. The Morgan fingerprint density at radius 2 is 2.12 bits per heavy atom. The molecule has 0 fully saturated rings. The summed E-state index contributed by atoms with van der Waals surface area (Å²) >= 11 is 0. The van der Waals surface area contributed by atoms with E-state index in [-0.39, 0.29) is 37.6 Å². The molecule has 0 saturated heterocycles. The molecule has 1 amide bonds. The Kier molecular flexibility index (Phi) is 10.1. The highest BCUT2D eigenvalue weighted by Gasteiger charge is 2.11. The van der Waals surface area contributed by atoms with Gasteiger partial charge < -0.3 is 30.3 Å². The van der Waals surface area contributed by atoms with E-state index in [2.05, 4.69) is 20.5 Å². The second-order valence-corrected chi connectivity index (χ2v) is 7.38. The number of carbonyl (C=O) groups is 1. The minimum absolute atomic E-state index is 0.00878. The quantitative estimate of drug-likeness (QED) is 0.177. The highest BCUT2D eigenvalue weighted by atomic mass is 16.9. The molecule has 1 aromatic carbocycles. The van der Waals surface area contributed by atoms with Crippen LogP contribution in [0.25, 0.3) is 10.9 Å². The number of hydrogen-bond acceptors (Lipinski definition) is 9. The lowest BCUT2D eigenvalue weighted by Crippen LogP contribution is -2.37. The predicted octanol–water partition coefficient (Wildman–Crippen LogP) is 0.532. The summed E-state index contributed by atoms with van der Waals surface area (Å²) < 4.78 is 5.73. The predicted molar refractivity (Wildman–Crippen MR) is 118 cm³/mol. The number of benzene rings is 1. The van der Waals surface area contributed by atoms with Crippen LogP contribution in [0.3, 0.4) is 0 Å². The Hall–Kier alpha value is -3.69. The van der Waals surface area contributed by atoms with Crippen molar-refractivity contribution < 1.29 is 24.6 Å². The Morgan fingerprint density at radius 1 is 1.33 bits per heavy atom. The average Bonchev–Trinajstić information content (AvgIpc) is 2.76. The molecule has 1 heterocycles. The molecule has 1 unspecified atom stereocenters. The standard InChI is InChI=1S/C21H27N5O7/c1-14-8-18-17(10-15(11-22)21(29)25-18)19(9-14)32-13-16(27)12-23-5-6-24-20(28)4-2-3-7-33-26(30)31/h8-10,16,23,27H,2-7,12-13H2,1H3,(H,24,28)(H,25,29). The lowest BCUT2D eigenvalue weighted by Gasteiger charge is -2.15. The molecule has 12 heteroatoms. The van der Waals surface area contributed by atoms with E-state index in [1.54, 1.807) is 12.1 Å². The van der Waals surface area contributed by atoms with Crippen molar-refractivity contribution >= 4 is 16.8 Å². The van der Waals surface area contributed by atoms with Crippen molar-refractivity contribution in [1.82, 2.24) is 15.6 Å². The van der Waals surface area contributed by atoms with Crippen molar-refractivity contribution in [3.8, 4) is 11.8 Å². The number of aryl methyl sites for hydroxylation is 1. The summed E-state index contributed by atoms with van der Waals surface area (Å²) in [7, 11) is 0. The molecule has 2 aromatic rings. The normalized spacial score (nSPS) is 11.5. The van der Waals surface area contributed by atoms with Gasteiger partial charge in [-0.3, -0.25) is 9.59 Å². The number of nitrogens with one attached hydrogen (secondary N) is 3. The van der Waals surface area contributed by atoms with Gasteiger partial charge in [0.15, 0.2) is 0 Å². The molecule has 0 aliphatic rings. The van der Waals surface area contributed by atoms with Gasteiger partial charge in [-0.05, 0) is 43.5 Å². The smallest absolute Gasteiger partial charge is 0.294 e. The van der Waals surface area contributed by atoms with Crippen LogP contribution in [0.5, 0.6) is 5.75 Å². The van der Waals surface area contributed by atoms with Crippen LogP contribution in [0.2, 0.25) is 0 Å². The number of hydrogen-bond donors (Lipinski definition) is 4. The third-order valence-electron chi connectivity index (χ3n) is 4.62. The van der Waals surface area contributed by atoms with E-state index in [4.69, 9.17) is 10.00 Å². The van der Waals surface area contributed by atoms with Gasteiger partial charge in [0.1, 0.15) is 30.1 Å². The van der Waals surface area contributed by atoms with Crippen molar-refractivity contribution in [3.63, 3.8) is 0 Å². The van der Waals surface area contributed by atoms with E-state index in [1.807, 2.05) is 13.0 Å². The van der Waals surface area contributed by atoms with E-state index >= 15 is 0 Å². The first kappa shape index (κ1) is 25.6. The van der Waals surface area contributed by atoms with Gasteiger partial charge in [-0.25, -0.2) is 0 Å². The first-order chi connectivity index (χ1) is 15.8. The number of ether oxygens (including phenoxy) is 1. The maximum atomic E-state index is 11.8. The number of H-pyrrole nitrogens is 1. The maximum Gasteiger partial charge on any atom is 0.294 e. The lowest BCUT2D eigenvalue weighted by molar-refractivity contribution is -0.757. The summed E-state index contributed by atoms with van der Waals surface area (Å²) in [4.78, 5) is 40.4. The number of aromatic nitrogens is 1. The number of amides is 1. The number of carbonyl (C=O) groups excluding carboxylic acids is 1. The van der Waals surface area contributed by atoms with E-state index in [9.17, 15) is 24.8 Å². The zero-order chi connectivity index (χ0) is 24.2. The van der Waals surface area contributed by atoms with Crippen LogP contribution in [0.15, 0.2) is 23.0 Å². The number of fused-ring (bicyclic) bond motifs is 1. The van der Waals surface area contributed by atoms with Gasteiger partial charge in [0.05, 0.1) is 12.1 Å². The summed E-state index contributed by atoms with van der Waals surface area (Å²) in [5.74, 6) is 0.288. The van der Waals surface area contributed by atoms with Gasteiger partial charge in [-0.2, -0.15) is 5.26 Å². The highest BCUT2D eigenvalue weighted by Crippen LogP contribution is 2.26. The third-order valence-corrected chi connectivity index (χ3v) is 4.62. The van der Waals surface area contributed by atoms with Crippen molar-refractivity contribution in [2.24, 2.45) is 0 Å². The van der Waals surface area contributed by atoms with Crippen LogP contribution in [0.1, 0.15) is 30.4 Å². The second kappa shape index (κ2) is 13.0. The number of nitrogens with zero attached hydrogens (tertiary/aromatic N) is 2. The molecular weight excluding hydrogens is 434 g/mol. The number of unbranched alkanes of at least 4 members (excludes halogenated alkanes) is 1. The Balaban J connectivity index is 1.69. The van der Waals surface area contributed by atoms with Crippen LogP contribution >= 0.6 is 0 Å². The first-order valence-corrected chi connectivity index (χ1v) is 10.4. The number of pyridine rings is 1. The molecule has 178 valence electrons. The van der Waals surface area contributed by atoms with E-state index < -0.39 is 16.7 Å². The molecular formula is C21H27N5O7. The molecule has 1 atom stereocenters. The van der Waals surface area contributed by atoms with E-state index in [0.29, 0.717) is 42.6 Å². The zero-order valence-corrected chi connectivity index (χ0v) is 18.3. The minimum Gasteiger partial charge on any atom is -0.490 e. The van der Waals surface area contributed by atoms with Gasteiger partial charge in [0.25, 0.3) is 10.6 Å². The SMILES string of the molecule is Cc1cc(OCC(O)CNCCNC(=O)CCCCO[N+](=O)[O-])c2cc(C#N)c(=O)[nH]c2c1. The summed E-state index contributed by atoms with van der Waals surface area (Å²) in [5.41, 5.74) is 0.904. The lowest BCUT2D eigenvalue weighted by atomic mass is 10.1. The molecule has 0 radical (unpaired) electrons. The summed E-state index contributed by atoms with van der Waals surface area (Å²) in [5, 5.41) is 34.7.